The van der Waals surface area contributed by atoms with E-state index in [0.29, 0.717) is 29.8 Å². The van der Waals surface area contributed by atoms with Crippen LogP contribution in [0.15, 0.2) is 12.4 Å². The number of aromatic nitrogens is 2. The van der Waals surface area contributed by atoms with E-state index in [1.165, 1.54) is 32.1 Å². The Kier molecular flexibility index (Phi) is 6.21. The molecule has 1 aliphatic carbocycles. The van der Waals surface area contributed by atoms with Gasteiger partial charge in [0.05, 0.1) is 0 Å². The van der Waals surface area contributed by atoms with E-state index in [4.69, 9.17) is 5.26 Å². The summed E-state index contributed by atoms with van der Waals surface area (Å²) in [6.45, 7) is 2.48. The molecule has 1 aliphatic heterocycles. The van der Waals surface area contributed by atoms with Crippen LogP contribution in [0.1, 0.15) is 57.1 Å². The van der Waals surface area contributed by atoms with Crippen molar-refractivity contribution in [2.24, 2.45) is 11.8 Å². The predicted molar refractivity (Wildman–Crippen MR) is 95.9 cm³/mol. The van der Waals surface area contributed by atoms with Gasteiger partial charge < -0.3 is 10.2 Å². The average Bonchev–Trinajstić information content (AvgIpc) is 2.67. The van der Waals surface area contributed by atoms with E-state index in [1.54, 1.807) is 12.4 Å². The standard InChI is InChI=1S/C19H27N5O/c20-13-17-19(22-9-8-21-17)24-10-6-16(7-11-24)14-23-18(25)12-15-4-2-1-3-5-15/h8-9,15-16H,1-7,10-12,14H2,(H,23,25). The smallest absolute Gasteiger partial charge is 0.220 e. The number of hydrogen-bond acceptors (Lipinski definition) is 5. The summed E-state index contributed by atoms with van der Waals surface area (Å²) in [5.41, 5.74) is 0.390. The zero-order chi connectivity index (χ0) is 17.5. The lowest BCUT2D eigenvalue weighted by molar-refractivity contribution is -0.122. The molecular formula is C19H27N5O. The highest BCUT2D eigenvalue weighted by molar-refractivity contribution is 5.76. The molecule has 1 saturated carbocycles. The Bertz CT molecular complexity index is 612. The monoisotopic (exact) mass is 341 g/mol. The number of anilines is 1. The van der Waals surface area contributed by atoms with Gasteiger partial charge in [-0.15, -0.1) is 0 Å². The minimum Gasteiger partial charge on any atom is -0.356 e. The molecule has 134 valence electrons. The SMILES string of the molecule is N#Cc1nccnc1N1CCC(CNC(=O)CC2CCCCC2)CC1. The summed E-state index contributed by atoms with van der Waals surface area (Å²) in [6.07, 6.45) is 12.2. The topological polar surface area (TPSA) is 81.9 Å². The number of piperidine rings is 1. The summed E-state index contributed by atoms with van der Waals surface area (Å²) in [5.74, 6) is 2.00. The van der Waals surface area contributed by atoms with Crippen molar-refractivity contribution in [3.63, 3.8) is 0 Å². The maximum absolute atomic E-state index is 12.1. The van der Waals surface area contributed by atoms with Gasteiger partial charge in [0, 0.05) is 38.4 Å². The molecule has 3 rings (SSSR count). The van der Waals surface area contributed by atoms with Crippen molar-refractivity contribution in [3.8, 4) is 6.07 Å². The number of amides is 1. The molecule has 2 aliphatic rings. The summed E-state index contributed by atoms with van der Waals surface area (Å²) < 4.78 is 0. The third-order valence-corrected chi connectivity index (χ3v) is 5.49. The lowest BCUT2D eigenvalue weighted by Crippen LogP contribution is -2.39. The Morgan fingerprint density at radius 1 is 1.12 bits per heavy atom. The zero-order valence-electron chi connectivity index (χ0n) is 14.8. The van der Waals surface area contributed by atoms with Gasteiger partial charge in [0.1, 0.15) is 6.07 Å². The van der Waals surface area contributed by atoms with Crippen molar-refractivity contribution in [2.45, 2.75) is 51.4 Å². The summed E-state index contributed by atoms with van der Waals surface area (Å²) in [5, 5.41) is 12.3. The van der Waals surface area contributed by atoms with E-state index in [9.17, 15) is 4.79 Å². The molecule has 0 spiro atoms. The maximum atomic E-state index is 12.1. The largest absolute Gasteiger partial charge is 0.356 e. The van der Waals surface area contributed by atoms with E-state index in [1.807, 2.05) is 0 Å². The fourth-order valence-corrected chi connectivity index (χ4v) is 3.97. The second-order valence-corrected chi connectivity index (χ2v) is 7.28. The van der Waals surface area contributed by atoms with Crippen LogP contribution in [-0.4, -0.2) is 35.5 Å². The molecule has 1 aromatic rings. The molecule has 0 atom stereocenters. The fraction of sp³-hybridized carbons (Fsp3) is 0.684. The zero-order valence-corrected chi connectivity index (χ0v) is 14.8. The van der Waals surface area contributed by atoms with Gasteiger partial charge in [-0.1, -0.05) is 19.3 Å². The van der Waals surface area contributed by atoms with E-state index in [-0.39, 0.29) is 5.91 Å². The van der Waals surface area contributed by atoms with Crippen molar-refractivity contribution in [2.75, 3.05) is 24.5 Å². The van der Waals surface area contributed by atoms with Gasteiger partial charge in [-0.05, 0) is 37.5 Å². The highest BCUT2D eigenvalue weighted by Gasteiger charge is 2.23. The van der Waals surface area contributed by atoms with Gasteiger partial charge in [-0.3, -0.25) is 4.79 Å². The second kappa shape index (κ2) is 8.80. The van der Waals surface area contributed by atoms with E-state index in [0.717, 1.165) is 32.5 Å². The normalized spacial score (nSPS) is 19.4. The predicted octanol–water partition coefficient (Wildman–Crippen LogP) is 2.65. The van der Waals surface area contributed by atoms with E-state index in [2.05, 4.69) is 26.3 Å². The van der Waals surface area contributed by atoms with Gasteiger partial charge in [0.2, 0.25) is 5.91 Å². The molecule has 6 heteroatoms. The quantitative estimate of drug-likeness (QED) is 0.890. The van der Waals surface area contributed by atoms with Crippen LogP contribution in [0.3, 0.4) is 0 Å². The first-order valence-electron chi connectivity index (χ1n) is 9.49. The molecule has 1 amide bonds. The molecule has 0 unspecified atom stereocenters. The van der Waals surface area contributed by atoms with Crippen molar-refractivity contribution < 1.29 is 4.79 Å². The molecule has 0 radical (unpaired) electrons. The Balaban J connectivity index is 1.40. The Morgan fingerprint density at radius 2 is 1.84 bits per heavy atom. The molecule has 0 aromatic carbocycles. The lowest BCUT2D eigenvalue weighted by Gasteiger charge is -2.33. The molecule has 1 N–H and O–H groups in total. The Morgan fingerprint density at radius 3 is 2.56 bits per heavy atom. The number of carbonyl (C=O) groups is 1. The summed E-state index contributed by atoms with van der Waals surface area (Å²) >= 11 is 0. The van der Waals surface area contributed by atoms with Gasteiger partial charge in [-0.25, -0.2) is 9.97 Å². The third kappa shape index (κ3) is 4.91. The number of rotatable bonds is 5. The number of nitrogens with zero attached hydrogens (tertiary/aromatic N) is 4. The van der Waals surface area contributed by atoms with Gasteiger partial charge in [0.25, 0.3) is 0 Å². The van der Waals surface area contributed by atoms with Crippen molar-refractivity contribution in [3.05, 3.63) is 18.1 Å². The number of carbonyl (C=O) groups excluding carboxylic acids is 1. The number of hydrogen-bond donors (Lipinski definition) is 1. The van der Waals surface area contributed by atoms with Crippen LogP contribution in [0.2, 0.25) is 0 Å². The molecule has 6 nitrogen and oxygen atoms in total. The summed E-state index contributed by atoms with van der Waals surface area (Å²) in [6, 6.07) is 2.11. The highest BCUT2D eigenvalue weighted by Crippen LogP contribution is 2.26. The lowest BCUT2D eigenvalue weighted by atomic mass is 9.87. The minimum atomic E-state index is 0.218. The number of nitriles is 1. The van der Waals surface area contributed by atoms with Crippen LogP contribution < -0.4 is 10.2 Å². The van der Waals surface area contributed by atoms with E-state index < -0.39 is 0 Å². The molecular weight excluding hydrogens is 314 g/mol. The molecule has 2 fully saturated rings. The molecule has 2 heterocycles. The molecule has 25 heavy (non-hydrogen) atoms. The minimum absolute atomic E-state index is 0.218. The molecule has 0 bridgehead atoms. The van der Waals surface area contributed by atoms with Crippen molar-refractivity contribution >= 4 is 11.7 Å². The van der Waals surface area contributed by atoms with Crippen LogP contribution in [0, 0.1) is 23.2 Å². The van der Waals surface area contributed by atoms with Gasteiger partial charge in [0.15, 0.2) is 11.5 Å². The van der Waals surface area contributed by atoms with Crippen LogP contribution in [0.4, 0.5) is 5.82 Å². The summed E-state index contributed by atoms with van der Waals surface area (Å²) in [7, 11) is 0. The van der Waals surface area contributed by atoms with Crippen LogP contribution in [0.25, 0.3) is 0 Å². The van der Waals surface area contributed by atoms with Gasteiger partial charge >= 0.3 is 0 Å². The average molecular weight is 341 g/mol. The maximum Gasteiger partial charge on any atom is 0.220 e. The summed E-state index contributed by atoms with van der Waals surface area (Å²) in [4.78, 5) is 22.7. The first-order valence-corrected chi connectivity index (χ1v) is 9.49. The first-order chi connectivity index (χ1) is 12.3. The van der Waals surface area contributed by atoms with Crippen LogP contribution in [0.5, 0.6) is 0 Å². The number of nitrogens with one attached hydrogen (secondary N) is 1. The first kappa shape index (κ1) is 17.7. The molecule has 1 saturated heterocycles. The van der Waals surface area contributed by atoms with Crippen LogP contribution >= 0.6 is 0 Å². The Labute approximate surface area is 149 Å². The molecule has 1 aromatic heterocycles. The Hall–Kier alpha value is -2.16. The van der Waals surface area contributed by atoms with Crippen LogP contribution in [-0.2, 0) is 4.79 Å². The van der Waals surface area contributed by atoms with Crippen molar-refractivity contribution in [1.29, 1.82) is 5.26 Å². The van der Waals surface area contributed by atoms with Gasteiger partial charge in [-0.2, -0.15) is 5.26 Å². The van der Waals surface area contributed by atoms with E-state index >= 15 is 0 Å². The second-order valence-electron chi connectivity index (χ2n) is 7.28. The highest BCUT2D eigenvalue weighted by atomic mass is 16.1. The fourth-order valence-electron chi connectivity index (χ4n) is 3.97. The van der Waals surface area contributed by atoms with Crippen molar-refractivity contribution in [1.82, 2.24) is 15.3 Å². The third-order valence-electron chi connectivity index (χ3n) is 5.49.